The predicted molar refractivity (Wildman–Crippen MR) is 74.2 cm³/mol. The SMILES string of the molecule is COc1cc(C(C)NC(C)c2ncc(C)o2)ccc1F. The lowest BCUT2D eigenvalue weighted by Crippen LogP contribution is -2.22. The molecule has 1 N–H and O–H groups in total. The molecule has 1 heterocycles. The average molecular weight is 278 g/mol. The zero-order valence-electron chi connectivity index (χ0n) is 12.1. The number of aryl methyl sites for hydroxylation is 1. The molecule has 0 aliphatic rings. The van der Waals surface area contributed by atoms with Gasteiger partial charge in [-0.3, -0.25) is 5.32 Å². The maximum Gasteiger partial charge on any atom is 0.211 e. The van der Waals surface area contributed by atoms with E-state index in [1.165, 1.54) is 13.2 Å². The van der Waals surface area contributed by atoms with E-state index in [4.69, 9.17) is 9.15 Å². The first kappa shape index (κ1) is 14.5. The molecule has 4 nitrogen and oxygen atoms in total. The van der Waals surface area contributed by atoms with Gasteiger partial charge in [0.15, 0.2) is 11.6 Å². The molecule has 2 unspecified atom stereocenters. The molecule has 0 saturated heterocycles. The van der Waals surface area contributed by atoms with Crippen molar-refractivity contribution in [3.05, 3.63) is 47.4 Å². The van der Waals surface area contributed by atoms with E-state index in [1.807, 2.05) is 20.8 Å². The second kappa shape index (κ2) is 6.05. The minimum Gasteiger partial charge on any atom is -0.494 e. The Hall–Kier alpha value is -1.88. The fourth-order valence-electron chi connectivity index (χ4n) is 2.06. The quantitative estimate of drug-likeness (QED) is 0.908. The van der Waals surface area contributed by atoms with E-state index in [-0.39, 0.29) is 23.7 Å². The van der Waals surface area contributed by atoms with E-state index in [0.29, 0.717) is 5.89 Å². The summed E-state index contributed by atoms with van der Waals surface area (Å²) in [5.74, 6) is 1.31. The molecule has 1 aromatic heterocycles. The highest BCUT2D eigenvalue weighted by Gasteiger charge is 2.16. The second-order valence-corrected chi connectivity index (χ2v) is 4.81. The van der Waals surface area contributed by atoms with Crippen LogP contribution in [0.1, 0.15) is 43.1 Å². The number of methoxy groups -OCH3 is 1. The van der Waals surface area contributed by atoms with E-state index >= 15 is 0 Å². The monoisotopic (exact) mass is 278 g/mol. The Morgan fingerprint density at radius 2 is 2.05 bits per heavy atom. The van der Waals surface area contributed by atoms with Crippen LogP contribution in [0, 0.1) is 12.7 Å². The number of nitrogens with zero attached hydrogens (tertiary/aromatic N) is 1. The normalized spacial score (nSPS) is 14.1. The highest BCUT2D eigenvalue weighted by atomic mass is 19.1. The number of aromatic nitrogens is 1. The van der Waals surface area contributed by atoms with Gasteiger partial charge in [-0.2, -0.15) is 0 Å². The molecule has 0 aliphatic heterocycles. The summed E-state index contributed by atoms with van der Waals surface area (Å²) in [5.41, 5.74) is 0.943. The first-order valence-electron chi connectivity index (χ1n) is 6.53. The van der Waals surface area contributed by atoms with Crippen molar-refractivity contribution in [1.82, 2.24) is 10.3 Å². The van der Waals surface area contributed by atoms with Crippen LogP contribution in [0.4, 0.5) is 4.39 Å². The van der Waals surface area contributed by atoms with Crippen LogP contribution in [0.15, 0.2) is 28.8 Å². The number of hydrogen-bond acceptors (Lipinski definition) is 4. The lowest BCUT2D eigenvalue weighted by molar-refractivity contribution is 0.374. The highest BCUT2D eigenvalue weighted by molar-refractivity contribution is 5.32. The van der Waals surface area contributed by atoms with Crippen molar-refractivity contribution in [2.75, 3.05) is 7.11 Å². The van der Waals surface area contributed by atoms with E-state index in [0.717, 1.165) is 11.3 Å². The molecule has 0 radical (unpaired) electrons. The third kappa shape index (κ3) is 3.17. The molecular formula is C15H19FN2O2. The predicted octanol–water partition coefficient (Wildman–Crippen LogP) is 3.54. The Morgan fingerprint density at radius 3 is 2.65 bits per heavy atom. The highest BCUT2D eigenvalue weighted by Crippen LogP contribution is 2.24. The average Bonchev–Trinajstić information content (AvgIpc) is 2.86. The number of benzene rings is 1. The van der Waals surface area contributed by atoms with Crippen LogP contribution in [-0.4, -0.2) is 12.1 Å². The van der Waals surface area contributed by atoms with E-state index in [1.54, 1.807) is 18.3 Å². The fourth-order valence-corrected chi connectivity index (χ4v) is 2.06. The number of oxazole rings is 1. The molecule has 0 fully saturated rings. The summed E-state index contributed by atoms with van der Waals surface area (Å²) in [6.45, 7) is 5.83. The number of hydrogen-bond donors (Lipinski definition) is 1. The van der Waals surface area contributed by atoms with Gasteiger partial charge >= 0.3 is 0 Å². The lowest BCUT2D eigenvalue weighted by Gasteiger charge is -2.19. The van der Waals surface area contributed by atoms with Gasteiger partial charge in [-0.05, 0) is 38.5 Å². The van der Waals surface area contributed by atoms with Crippen LogP contribution in [0.2, 0.25) is 0 Å². The summed E-state index contributed by atoms with van der Waals surface area (Å²) in [7, 11) is 1.46. The summed E-state index contributed by atoms with van der Waals surface area (Å²) < 4.78 is 23.9. The van der Waals surface area contributed by atoms with Crippen LogP contribution >= 0.6 is 0 Å². The van der Waals surface area contributed by atoms with Crippen LogP contribution in [0.25, 0.3) is 0 Å². The van der Waals surface area contributed by atoms with Crippen molar-refractivity contribution >= 4 is 0 Å². The van der Waals surface area contributed by atoms with Crippen molar-refractivity contribution in [2.24, 2.45) is 0 Å². The van der Waals surface area contributed by atoms with E-state index in [2.05, 4.69) is 10.3 Å². The van der Waals surface area contributed by atoms with Crippen LogP contribution in [-0.2, 0) is 0 Å². The molecule has 108 valence electrons. The van der Waals surface area contributed by atoms with E-state index in [9.17, 15) is 4.39 Å². The Balaban J connectivity index is 2.09. The van der Waals surface area contributed by atoms with Gasteiger partial charge in [-0.1, -0.05) is 6.07 Å². The minimum absolute atomic E-state index is 0.0201. The summed E-state index contributed by atoms with van der Waals surface area (Å²) in [6.07, 6.45) is 1.69. The smallest absolute Gasteiger partial charge is 0.211 e. The van der Waals surface area contributed by atoms with Gasteiger partial charge in [-0.15, -0.1) is 0 Å². The molecule has 0 amide bonds. The molecule has 0 bridgehead atoms. The number of ether oxygens (including phenoxy) is 1. The largest absolute Gasteiger partial charge is 0.494 e. The zero-order valence-corrected chi connectivity index (χ0v) is 12.1. The van der Waals surface area contributed by atoms with Crippen LogP contribution < -0.4 is 10.1 Å². The van der Waals surface area contributed by atoms with Gasteiger partial charge in [0.25, 0.3) is 0 Å². The van der Waals surface area contributed by atoms with Gasteiger partial charge in [0.1, 0.15) is 5.76 Å². The molecule has 0 spiro atoms. The standard InChI is InChI=1S/C15H19FN2O2/c1-9-8-17-15(20-9)11(3)18-10(2)12-5-6-13(16)14(7-12)19-4/h5-8,10-11,18H,1-4H3. The van der Waals surface area contributed by atoms with Gasteiger partial charge in [0, 0.05) is 6.04 Å². The van der Waals surface area contributed by atoms with Gasteiger partial charge in [-0.25, -0.2) is 9.37 Å². The molecule has 5 heteroatoms. The van der Waals surface area contributed by atoms with Crippen LogP contribution in [0.5, 0.6) is 5.75 Å². The third-order valence-corrected chi connectivity index (χ3v) is 3.18. The molecular weight excluding hydrogens is 259 g/mol. The molecule has 20 heavy (non-hydrogen) atoms. The van der Waals surface area contributed by atoms with Crippen LogP contribution in [0.3, 0.4) is 0 Å². The molecule has 0 saturated carbocycles. The number of rotatable bonds is 5. The van der Waals surface area contributed by atoms with Crippen molar-refractivity contribution in [3.63, 3.8) is 0 Å². The van der Waals surface area contributed by atoms with Crippen molar-refractivity contribution in [3.8, 4) is 5.75 Å². The summed E-state index contributed by atoms with van der Waals surface area (Å²) in [4.78, 5) is 4.20. The summed E-state index contributed by atoms with van der Waals surface area (Å²) >= 11 is 0. The maximum absolute atomic E-state index is 13.4. The molecule has 2 atom stereocenters. The Labute approximate surface area is 118 Å². The van der Waals surface area contributed by atoms with Gasteiger partial charge < -0.3 is 9.15 Å². The van der Waals surface area contributed by atoms with Crippen molar-refractivity contribution in [2.45, 2.75) is 32.9 Å². The summed E-state index contributed by atoms with van der Waals surface area (Å²) in [5, 5.41) is 3.36. The number of nitrogens with one attached hydrogen (secondary N) is 1. The Bertz CT molecular complexity index is 583. The molecule has 0 aliphatic carbocycles. The fraction of sp³-hybridized carbons (Fsp3) is 0.400. The molecule has 2 aromatic rings. The third-order valence-electron chi connectivity index (χ3n) is 3.18. The minimum atomic E-state index is -0.361. The Kier molecular flexibility index (Phi) is 4.39. The topological polar surface area (TPSA) is 47.3 Å². The van der Waals surface area contributed by atoms with Gasteiger partial charge in [0.2, 0.25) is 5.89 Å². The summed E-state index contributed by atoms with van der Waals surface area (Å²) in [6, 6.07) is 4.83. The van der Waals surface area contributed by atoms with Crippen molar-refractivity contribution in [1.29, 1.82) is 0 Å². The zero-order chi connectivity index (χ0) is 14.7. The second-order valence-electron chi connectivity index (χ2n) is 4.81. The molecule has 2 rings (SSSR count). The first-order valence-corrected chi connectivity index (χ1v) is 6.53. The maximum atomic E-state index is 13.4. The first-order chi connectivity index (χ1) is 9.51. The van der Waals surface area contributed by atoms with Crippen molar-refractivity contribution < 1.29 is 13.5 Å². The van der Waals surface area contributed by atoms with Gasteiger partial charge in [0.05, 0.1) is 19.3 Å². The Morgan fingerprint density at radius 1 is 1.30 bits per heavy atom. The molecule has 1 aromatic carbocycles. The number of halogens is 1. The lowest BCUT2D eigenvalue weighted by atomic mass is 10.1. The van der Waals surface area contributed by atoms with E-state index < -0.39 is 0 Å².